The number of nitrogens with zero attached hydrogens (tertiary/aromatic N) is 1. The first-order valence-corrected chi connectivity index (χ1v) is 8.61. The number of ether oxygens (including phenoxy) is 3. The van der Waals surface area contributed by atoms with Crippen molar-refractivity contribution in [3.8, 4) is 11.5 Å². The van der Waals surface area contributed by atoms with Crippen LogP contribution in [0, 0.1) is 5.41 Å². The third-order valence-electron chi connectivity index (χ3n) is 4.66. The summed E-state index contributed by atoms with van der Waals surface area (Å²) in [4.78, 5) is 4.32. The third kappa shape index (κ3) is 4.32. The quantitative estimate of drug-likeness (QED) is 0.619. The molecule has 0 aromatic heterocycles. The van der Waals surface area contributed by atoms with Gasteiger partial charge in [0.05, 0.1) is 13.2 Å². The maximum atomic E-state index is 5.73. The Morgan fingerprint density at radius 1 is 1.25 bits per heavy atom. The van der Waals surface area contributed by atoms with Gasteiger partial charge in [0.1, 0.15) is 0 Å². The summed E-state index contributed by atoms with van der Waals surface area (Å²) in [5.74, 6) is 2.36. The molecule has 1 fully saturated rings. The van der Waals surface area contributed by atoms with E-state index in [4.69, 9.17) is 14.2 Å². The number of guanidine groups is 1. The second-order valence-electron chi connectivity index (χ2n) is 6.51. The topological polar surface area (TPSA) is 64.1 Å². The van der Waals surface area contributed by atoms with E-state index in [2.05, 4.69) is 15.6 Å². The van der Waals surface area contributed by atoms with Crippen LogP contribution in [-0.2, 0) is 4.74 Å². The van der Waals surface area contributed by atoms with Crippen LogP contribution in [0.4, 0.5) is 5.69 Å². The largest absolute Gasteiger partial charge is 0.490 e. The fraction of sp³-hybridized carbons (Fsp3) is 0.611. The molecule has 1 aliphatic carbocycles. The van der Waals surface area contributed by atoms with Crippen molar-refractivity contribution in [2.75, 3.05) is 45.8 Å². The highest BCUT2D eigenvalue weighted by atomic mass is 16.5. The molecule has 24 heavy (non-hydrogen) atoms. The van der Waals surface area contributed by atoms with Crippen molar-refractivity contribution < 1.29 is 14.2 Å². The predicted octanol–water partition coefficient (Wildman–Crippen LogP) is 2.65. The Balaban J connectivity index is 1.57. The minimum atomic E-state index is 0.373. The summed E-state index contributed by atoms with van der Waals surface area (Å²) in [6, 6.07) is 5.89. The van der Waals surface area contributed by atoms with E-state index in [0.29, 0.717) is 18.6 Å². The van der Waals surface area contributed by atoms with Crippen LogP contribution in [0.15, 0.2) is 23.2 Å². The molecule has 2 N–H and O–H groups in total. The molecule has 0 saturated heterocycles. The molecular weight excluding hydrogens is 306 g/mol. The van der Waals surface area contributed by atoms with Gasteiger partial charge in [0, 0.05) is 45.5 Å². The first-order valence-electron chi connectivity index (χ1n) is 8.61. The molecule has 1 heterocycles. The Morgan fingerprint density at radius 3 is 2.75 bits per heavy atom. The zero-order valence-corrected chi connectivity index (χ0v) is 14.6. The molecule has 0 bridgehead atoms. The summed E-state index contributed by atoms with van der Waals surface area (Å²) in [7, 11) is 3.54. The van der Waals surface area contributed by atoms with E-state index in [9.17, 15) is 0 Å². The summed E-state index contributed by atoms with van der Waals surface area (Å²) < 4.78 is 16.6. The van der Waals surface area contributed by atoms with Gasteiger partial charge in [-0.1, -0.05) is 0 Å². The van der Waals surface area contributed by atoms with Crippen molar-refractivity contribution in [3.63, 3.8) is 0 Å². The van der Waals surface area contributed by atoms with Crippen molar-refractivity contribution in [1.29, 1.82) is 0 Å². The molecule has 1 aromatic rings. The number of anilines is 1. The van der Waals surface area contributed by atoms with E-state index in [1.807, 2.05) is 18.2 Å². The van der Waals surface area contributed by atoms with Gasteiger partial charge in [-0.15, -0.1) is 0 Å². The van der Waals surface area contributed by atoms with Crippen LogP contribution in [0.2, 0.25) is 0 Å². The van der Waals surface area contributed by atoms with Gasteiger partial charge in [0.15, 0.2) is 17.5 Å². The first kappa shape index (κ1) is 16.9. The average molecular weight is 333 g/mol. The van der Waals surface area contributed by atoms with Crippen molar-refractivity contribution in [1.82, 2.24) is 5.32 Å². The van der Waals surface area contributed by atoms with E-state index in [-0.39, 0.29) is 0 Å². The van der Waals surface area contributed by atoms with Crippen LogP contribution in [0.1, 0.15) is 25.7 Å². The van der Waals surface area contributed by atoms with E-state index >= 15 is 0 Å². The molecule has 1 aliphatic heterocycles. The van der Waals surface area contributed by atoms with E-state index in [1.165, 1.54) is 12.8 Å². The molecule has 0 spiro atoms. The van der Waals surface area contributed by atoms with Crippen molar-refractivity contribution >= 4 is 11.6 Å². The zero-order valence-electron chi connectivity index (χ0n) is 14.6. The van der Waals surface area contributed by atoms with Crippen LogP contribution < -0.4 is 20.1 Å². The Labute approximate surface area is 143 Å². The number of hydrogen-bond acceptors (Lipinski definition) is 4. The lowest BCUT2D eigenvalue weighted by atomic mass is 10.0. The van der Waals surface area contributed by atoms with Gasteiger partial charge in [0.2, 0.25) is 0 Å². The summed E-state index contributed by atoms with van der Waals surface area (Å²) in [6.45, 7) is 3.12. The first-order chi connectivity index (χ1) is 11.7. The van der Waals surface area contributed by atoms with Gasteiger partial charge in [-0.25, -0.2) is 0 Å². The van der Waals surface area contributed by atoms with Gasteiger partial charge in [-0.05, 0) is 36.8 Å². The van der Waals surface area contributed by atoms with E-state index in [1.54, 1.807) is 14.2 Å². The molecule has 1 aromatic carbocycles. The molecule has 132 valence electrons. The van der Waals surface area contributed by atoms with Gasteiger partial charge in [-0.3, -0.25) is 4.99 Å². The molecule has 0 radical (unpaired) electrons. The van der Waals surface area contributed by atoms with Gasteiger partial charge >= 0.3 is 0 Å². The van der Waals surface area contributed by atoms with Crippen LogP contribution in [0.25, 0.3) is 0 Å². The summed E-state index contributed by atoms with van der Waals surface area (Å²) in [5, 5.41) is 6.76. The smallest absolute Gasteiger partial charge is 0.195 e. The lowest BCUT2D eigenvalue weighted by Crippen LogP contribution is -2.35. The van der Waals surface area contributed by atoms with Crippen molar-refractivity contribution in [2.45, 2.75) is 25.7 Å². The Morgan fingerprint density at radius 2 is 2.04 bits per heavy atom. The second kappa shape index (κ2) is 7.75. The Bertz CT molecular complexity index is 585. The molecular formula is C18H27N3O3. The molecule has 0 unspecified atom stereocenters. The SMILES string of the molecule is CN=C(NCC1(CCOC)CC1)Nc1ccc2c(c1)OCCCO2. The standard InChI is InChI=1S/C18H27N3O3/c1-19-17(20-13-18(6-7-18)8-11-22-2)21-14-4-5-15-16(12-14)24-10-3-9-23-15/h4-5,12H,3,6-11,13H2,1-2H3,(H2,19,20,21). The summed E-state index contributed by atoms with van der Waals surface area (Å²) >= 11 is 0. The highest BCUT2D eigenvalue weighted by Gasteiger charge is 2.41. The maximum Gasteiger partial charge on any atom is 0.195 e. The minimum Gasteiger partial charge on any atom is -0.490 e. The monoisotopic (exact) mass is 333 g/mol. The van der Waals surface area contributed by atoms with Crippen LogP contribution in [-0.4, -0.2) is 46.5 Å². The molecule has 1 saturated carbocycles. The molecule has 6 heteroatoms. The molecule has 0 amide bonds. The number of hydrogen-bond donors (Lipinski definition) is 2. The van der Waals surface area contributed by atoms with Crippen molar-refractivity contribution in [2.24, 2.45) is 10.4 Å². The van der Waals surface area contributed by atoms with Gasteiger partial charge in [-0.2, -0.15) is 0 Å². The average Bonchev–Trinajstić information content (AvgIpc) is 3.40. The fourth-order valence-corrected chi connectivity index (χ4v) is 2.84. The van der Waals surface area contributed by atoms with Crippen LogP contribution in [0.3, 0.4) is 0 Å². The van der Waals surface area contributed by atoms with Crippen LogP contribution in [0.5, 0.6) is 11.5 Å². The zero-order chi connectivity index (χ0) is 16.8. The van der Waals surface area contributed by atoms with E-state index < -0.39 is 0 Å². The molecule has 0 atom stereocenters. The highest BCUT2D eigenvalue weighted by molar-refractivity contribution is 5.93. The van der Waals surface area contributed by atoms with E-state index in [0.717, 1.165) is 49.1 Å². The van der Waals surface area contributed by atoms with Gasteiger partial charge in [0.25, 0.3) is 0 Å². The minimum absolute atomic E-state index is 0.373. The number of benzene rings is 1. The summed E-state index contributed by atoms with van der Waals surface area (Å²) in [5.41, 5.74) is 1.31. The molecule has 6 nitrogen and oxygen atoms in total. The Hall–Kier alpha value is -1.95. The number of methoxy groups -OCH3 is 1. The lowest BCUT2D eigenvalue weighted by Gasteiger charge is -2.18. The highest BCUT2D eigenvalue weighted by Crippen LogP contribution is 2.48. The van der Waals surface area contributed by atoms with Crippen molar-refractivity contribution in [3.05, 3.63) is 18.2 Å². The lowest BCUT2D eigenvalue weighted by molar-refractivity contribution is 0.172. The summed E-state index contributed by atoms with van der Waals surface area (Å²) in [6.07, 6.45) is 4.51. The maximum absolute atomic E-state index is 5.73. The molecule has 3 rings (SSSR count). The van der Waals surface area contributed by atoms with Crippen LogP contribution >= 0.6 is 0 Å². The predicted molar refractivity (Wildman–Crippen MR) is 95.2 cm³/mol. The number of aliphatic imine (C=N–C) groups is 1. The third-order valence-corrected chi connectivity index (χ3v) is 4.66. The number of nitrogens with one attached hydrogen (secondary N) is 2. The number of fused-ring (bicyclic) bond motifs is 1. The normalized spacial score (nSPS) is 18.7. The molecule has 2 aliphatic rings. The second-order valence-corrected chi connectivity index (χ2v) is 6.51. The fourth-order valence-electron chi connectivity index (χ4n) is 2.84. The Kier molecular flexibility index (Phi) is 5.45. The van der Waals surface area contributed by atoms with Gasteiger partial charge < -0.3 is 24.8 Å². The number of rotatable bonds is 6.